The van der Waals surface area contributed by atoms with Gasteiger partial charge in [0.05, 0.1) is 21.2 Å². The van der Waals surface area contributed by atoms with Gasteiger partial charge in [0.2, 0.25) is 16.8 Å². The van der Waals surface area contributed by atoms with E-state index < -0.39 is 10.0 Å². The summed E-state index contributed by atoms with van der Waals surface area (Å²) in [4.78, 5) is 22.3. The molecular weight excluding hydrogens is 528 g/mol. The fourth-order valence-corrected chi connectivity index (χ4v) is 6.73. The molecule has 0 bridgehead atoms. The maximum atomic E-state index is 13.7. The van der Waals surface area contributed by atoms with Crippen LogP contribution in [0.25, 0.3) is 10.2 Å². The number of hydrogen-bond donors (Lipinski definition) is 0. The van der Waals surface area contributed by atoms with Crippen LogP contribution in [-0.2, 0) is 14.8 Å². The Morgan fingerprint density at radius 1 is 1.08 bits per heavy atom. The van der Waals surface area contributed by atoms with E-state index >= 15 is 0 Å². The summed E-state index contributed by atoms with van der Waals surface area (Å²) in [5, 5.41) is 0.570. The molecule has 10 nitrogen and oxygen atoms in total. The number of carbonyl (C=O) groups is 1. The van der Waals surface area contributed by atoms with Crippen LogP contribution in [0, 0.1) is 0 Å². The summed E-state index contributed by atoms with van der Waals surface area (Å²) >= 11 is 1.41. The maximum Gasteiger partial charge on any atom is 0.260 e. The molecule has 0 spiro atoms. The van der Waals surface area contributed by atoms with E-state index in [1.165, 1.54) is 27.8 Å². The van der Waals surface area contributed by atoms with E-state index in [-0.39, 0.29) is 23.7 Å². The second kappa shape index (κ2) is 11.1. The van der Waals surface area contributed by atoms with Crippen molar-refractivity contribution in [1.82, 2.24) is 14.2 Å². The first kappa shape index (κ1) is 26.8. The number of anilines is 1. The Morgan fingerprint density at radius 3 is 2.50 bits per heavy atom. The summed E-state index contributed by atoms with van der Waals surface area (Å²) in [5.41, 5.74) is 1.12. The lowest BCUT2D eigenvalue weighted by molar-refractivity contribution is 0.0978. The number of rotatable bonds is 10. The van der Waals surface area contributed by atoms with E-state index in [9.17, 15) is 13.2 Å². The summed E-state index contributed by atoms with van der Waals surface area (Å²) in [6.07, 6.45) is 2.46. The van der Waals surface area contributed by atoms with Gasteiger partial charge in [-0.15, -0.1) is 0 Å². The third-order valence-corrected chi connectivity index (χ3v) is 9.51. The second-order valence-electron chi connectivity index (χ2n) is 9.73. The van der Waals surface area contributed by atoms with Gasteiger partial charge in [0.25, 0.3) is 5.91 Å². The van der Waals surface area contributed by atoms with Crippen molar-refractivity contribution in [3.05, 3.63) is 42.0 Å². The van der Waals surface area contributed by atoms with Crippen LogP contribution in [-0.4, -0.2) is 88.8 Å². The van der Waals surface area contributed by atoms with Gasteiger partial charge in [0.15, 0.2) is 16.6 Å². The Morgan fingerprint density at radius 2 is 1.82 bits per heavy atom. The molecule has 5 rings (SSSR count). The predicted octanol–water partition coefficient (Wildman–Crippen LogP) is 3.42. The largest absolute Gasteiger partial charge is 0.454 e. The van der Waals surface area contributed by atoms with Crippen molar-refractivity contribution in [3.63, 3.8) is 0 Å². The molecule has 3 heterocycles. The molecule has 0 saturated carbocycles. The van der Waals surface area contributed by atoms with Gasteiger partial charge in [0.1, 0.15) is 0 Å². The van der Waals surface area contributed by atoms with E-state index in [1.54, 1.807) is 24.1 Å². The predicted molar refractivity (Wildman–Crippen MR) is 146 cm³/mol. The van der Waals surface area contributed by atoms with Gasteiger partial charge in [-0.3, -0.25) is 9.69 Å². The molecule has 2 aliphatic heterocycles. The van der Waals surface area contributed by atoms with Crippen LogP contribution in [0.4, 0.5) is 5.13 Å². The molecule has 1 aromatic heterocycles. The average molecular weight is 561 g/mol. The lowest BCUT2D eigenvalue weighted by Crippen LogP contribution is -2.34. The van der Waals surface area contributed by atoms with Gasteiger partial charge in [-0.25, -0.2) is 13.4 Å². The molecule has 0 radical (unpaired) electrons. The number of aromatic nitrogens is 1. The van der Waals surface area contributed by atoms with Crippen LogP contribution in [0.15, 0.2) is 41.3 Å². The Kier molecular flexibility index (Phi) is 7.87. The van der Waals surface area contributed by atoms with Crippen molar-refractivity contribution in [2.24, 2.45) is 0 Å². The summed E-state index contributed by atoms with van der Waals surface area (Å²) in [5.74, 6) is 1.07. The number of hydrogen-bond acceptors (Lipinski definition) is 9. The second-order valence-corrected chi connectivity index (χ2v) is 12.8. The third-order valence-electron chi connectivity index (χ3n) is 6.63. The zero-order valence-electron chi connectivity index (χ0n) is 21.8. The SMILES string of the molecule is CN(C)CCCN(C(=O)c1ccc(S(=O)(=O)N(C)CC2CCCO2)cc1)c1nc2cc3c(cc2s1)OCO3. The van der Waals surface area contributed by atoms with Crippen LogP contribution < -0.4 is 14.4 Å². The summed E-state index contributed by atoms with van der Waals surface area (Å²) in [6.45, 7) is 2.43. The van der Waals surface area contributed by atoms with E-state index in [2.05, 4.69) is 4.90 Å². The highest BCUT2D eigenvalue weighted by molar-refractivity contribution is 7.89. The van der Waals surface area contributed by atoms with E-state index in [1.807, 2.05) is 26.2 Å². The van der Waals surface area contributed by atoms with Crippen molar-refractivity contribution in [1.29, 1.82) is 0 Å². The Bertz CT molecular complexity index is 1360. The number of carbonyl (C=O) groups excluding carboxylic acids is 1. The first-order valence-electron chi connectivity index (χ1n) is 12.6. The highest BCUT2D eigenvalue weighted by Gasteiger charge is 2.27. The van der Waals surface area contributed by atoms with Gasteiger partial charge in [-0.2, -0.15) is 4.31 Å². The zero-order valence-corrected chi connectivity index (χ0v) is 23.4. The minimum Gasteiger partial charge on any atom is -0.454 e. The van der Waals surface area contributed by atoms with Crippen molar-refractivity contribution in [2.75, 3.05) is 59.1 Å². The van der Waals surface area contributed by atoms with Crippen molar-refractivity contribution >= 4 is 42.6 Å². The van der Waals surface area contributed by atoms with Crippen LogP contribution in [0.1, 0.15) is 29.6 Å². The topological polar surface area (TPSA) is 102 Å². The lowest BCUT2D eigenvalue weighted by Gasteiger charge is -2.22. The normalized spacial score (nSPS) is 17.1. The van der Waals surface area contributed by atoms with Crippen molar-refractivity contribution in [3.8, 4) is 11.5 Å². The molecule has 1 atom stereocenters. The number of sulfonamides is 1. The molecule has 0 aliphatic carbocycles. The van der Waals surface area contributed by atoms with E-state index in [0.717, 1.165) is 36.0 Å². The molecular formula is C26H32N4O6S2. The molecule has 2 aromatic carbocycles. The monoisotopic (exact) mass is 560 g/mol. The van der Waals surface area contributed by atoms with Gasteiger partial charge >= 0.3 is 0 Å². The average Bonchev–Trinajstić information content (AvgIpc) is 3.65. The standard InChI is InChI=1S/C26H32N4O6S2/c1-28(2)11-5-12-30(26-27-21-14-22-23(36-17-35-22)15-24(21)37-26)25(31)18-7-9-20(10-8-18)38(32,33)29(3)16-19-6-4-13-34-19/h7-10,14-15,19H,4-6,11-13,16-17H2,1-3H3. The summed E-state index contributed by atoms with van der Waals surface area (Å²) in [7, 11) is 1.83. The smallest absolute Gasteiger partial charge is 0.260 e. The molecule has 38 heavy (non-hydrogen) atoms. The molecule has 1 unspecified atom stereocenters. The number of benzene rings is 2. The molecule has 1 saturated heterocycles. The first-order valence-corrected chi connectivity index (χ1v) is 14.8. The molecule has 12 heteroatoms. The van der Waals surface area contributed by atoms with Gasteiger partial charge in [-0.05, 0) is 64.2 Å². The zero-order chi connectivity index (χ0) is 26.9. The fourth-order valence-electron chi connectivity index (χ4n) is 4.53. The minimum atomic E-state index is -3.70. The Labute approximate surface area is 226 Å². The highest BCUT2D eigenvalue weighted by atomic mass is 32.2. The van der Waals surface area contributed by atoms with Crippen LogP contribution in [0.2, 0.25) is 0 Å². The quantitative estimate of drug-likeness (QED) is 0.372. The minimum absolute atomic E-state index is 0.0838. The number of likely N-dealkylation sites (N-methyl/N-ethyl adjacent to an activating group) is 1. The maximum absolute atomic E-state index is 13.7. The highest BCUT2D eigenvalue weighted by Crippen LogP contribution is 2.40. The van der Waals surface area contributed by atoms with Gasteiger partial charge in [-0.1, -0.05) is 11.3 Å². The van der Waals surface area contributed by atoms with Crippen LogP contribution in [0.5, 0.6) is 11.5 Å². The molecule has 2 aliphatic rings. The number of ether oxygens (including phenoxy) is 3. The molecule has 1 fully saturated rings. The number of fused-ring (bicyclic) bond motifs is 2. The van der Waals surface area contributed by atoms with Crippen LogP contribution in [0.3, 0.4) is 0 Å². The summed E-state index contributed by atoms with van der Waals surface area (Å²) < 4.78 is 44.9. The van der Waals surface area contributed by atoms with Gasteiger partial charge < -0.3 is 19.1 Å². The number of nitrogens with zero attached hydrogens (tertiary/aromatic N) is 4. The molecule has 204 valence electrons. The molecule has 1 amide bonds. The fraction of sp³-hybridized carbons (Fsp3) is 0.462. The third kappa shape index (κ3) is 5.64. The molecule has 0 N–H and O–H groups in total. The lowest BCUT2D eigenvalue weighted by atomic mass is 10.2. The number of amides is 1. The first-order chi connectivity index (χ1) is 18.2. The van der Waals surface area contributed by atoms with E-state index in [0.29, 0.717) is 41.9 Å². The van der Waals surface area contributed by atoms with Crippen molar-refractivity contribution in [2.45, 2.75) is 30.3 Å². The van der Waals surface area contributed by atoms with Gasteiger partial charge in [0, 0.05) is 44.4 Å². The Hall–Kier alpha value is -2.77. The van der Waals surface area contributed by atoms with Crippen LogP contribution >= 0.6 is 11.3 Å². The molecule has 3 aromatic rings. The van der Waals surface area contributed by atoms with E-state index in [4.69, 9.17) is 19.2 Å². The number of thiazole rings is 1. The Balaban J connectivity index is 1.37. The summed E-state index contributed by atoms with van der Waals surface area (Å²) in [6, 6.07) is 9.82. The van der Waals surface area contributed by atoms with Crippen molar-refractivity contribution < 1.29 is 27.4 Å².